The van der Waals surface area contributed by atoms with Crippen molar-refractivity contribution in [1.82, 2.24) is 19.4 Å². The Morgan fingerprint density at radius 2 is 1.70 bits per heavy atom. The van der Waals surface area contributed by atoms with Crippen molar-refractivity contribution in [2.75, 3.05) is 19.4 Å². The fraction of sp³-hybridized carbons (Fsp3) is 0.500. The second-order valence-corrected chi connectivity index (χ2v) is 9.56. The molecule has 0 saturated heterocycles. The quantitative estimate of drug-likeness (QED) is 0.602. The average Bonchev–Trinajstić information content (AvgIpc) is 2.99. The molecule has 166 valence electrons. The minimum Gasteiger partial charge on any atom is -0.307 e. The summed E-state index contributed by atoms with van der Waals surface area (Å²) in [5.74, 6) is 0. The highest BCUT2D eigenvalue weighted by atomic mass is 35.5. The molecule has 1 aromatic heterocycles. The number of carbonyl (C=O) groups excluding carboxylic acids is 1. The summed E-state index contributed by atoms with van der Waals surface area (Å²) >= 11 is 6.23. The molecule has 2 rings (SSSR count). The van der Waals surface area contributed by atoms with E-state index in [9.17, 15) is 13.2 Å². The van der Waals surface area contributed by atoms with Gasteiger partial charge in [0.15, 0.2) is 5.03 Å². The molecule has 1 aromatic carbocycles. The first-order chi connectivity index (χ1) is 14.1. The van der Waals surface area contributed by atoms with Crippen molar-refractivity contribution in [3.63, 3.8) is 0 Å². The smallest absolute Gasteiger partial charge is 0.307 e. The Morgan fingerprint density at radius 3 is 2.20 bits per heavy atom. The standard InChI is InChI=1S/C20H30ClN5O3S/c1-6-8-14-10-16(21)11-15(9-7-2)19(14)22-20(27)24-30(28,29)18-12-17(13-25(3)4)26(5)23-18/h10-12H,6-9,13H2,1-5H3,(H2,22,24,27). The van der Waals surface area contributed by atoms with E-state index in [1.807, 2.05) is 32.8 Å². The minimum absolute atomic E-state index is 0.198. The van der Waals surface area contributed by atoms with Gasteiger partial charge in [0.05, 0.1) is 5.69 Å². The van der Waals surface area contributed by atoms with Crippen molar-refractivity contribution in [2.24, 2.45) is 7.05 Å². The number of nitrogens with zero attached hydrogens (tertiary/aromatic N) is 3. The van der Waals surface area contributed by atoms with Crippen LogP contribution in [0.3, 0.4) is 0 Å². The van der Waals surface area contributed by atoms with Crippen LogP contribution in [-0.4, -0.2) is 43.2 Å². The highest BCUT2D eigenvalue weighted by molar-refractivity contribution is 7.90. The van der Waals surface area contributed by atoms with Crippen molar-refractivity contribution in [3.05, 3.63) is 40.0 Å². The molecule has 2 aromatic rings. The summed E-state index contributed by atoms with van der Waals surface area (Å²) in [7, 11) is 1.30. The molecule has 0 aliphatic heterocycles. The Labute approximate surface area is 183 Å². The molecule has 0 radical (unpaired) electrons. The Hall–Kier alpha value is -2.10. The monoisotopic (exact) mass is 455 g/mol. The van der Waals surface area contributed by atoms with Crippen LogP contribution in [0.4, 0.5) is 10.5 Å². The van der Waals surface area contributed by atoms with Gasteiger partial charge in [-0.1, -0.05) is 38.3 Å². The predicted molar refractivity (Wildman–Crippen MR) is 119 cm³/mol. The van der Waals surface area contributed by atoms with E-state index in [0.29, 0.717) is 35.8 Å². The van der Waals surface area contributed by atoms with Crippen LogP contribution >= 0.6 is 11.6 Å². The first-order valence-corrected chi connectivity index (χ1v) is 11.8. The van der Waals surface area contributed by atoms with Crippen molar-refractivity contribution in [1.29, 1.82) is 0 Å². The number of halogens is 1. The minimum atomic E-state index is -4.11. The zero-order valence-corrected chi connectivity index (χ0v) is 19.7. The first-order valence-electron chi connectivity index (χ1n) is 9.90. The van der Waals surface area contributed by atoms with Crippen LogP contribution in [0.1, 0.15) is 43.5 Å². The van der Waals surface area contributed by atoms with E-state index in [1.165, 1.54) is 10.7 Å². The zero-order valence-electron chi connectivity index (χ0n) is 18.1. The SMILES string of the molecule is CCCc1cc(Cl)cc(CCC)c1NC(=O)NS(=O)(=O)c1cc(CN(C)C)n(C)n1. The lowest BCUT2D eigenvalue weighted by Crippen LogP contribution is -2.35. The van der Waals surface area contributed by atoms with Gasteiger partial charge >= 0.3 is 6.03 Å². The number of urea groups is 1. The third-order valence-electron chi connectivity index (χ3n) is 4.48. The number of benzene rings is 1. The zero-order chi connectivity index (χ0) is 22.5. The van der Waals surface area contributed by atoms with Crippen molar-refractivity contribution < 1.29 is 13.2 Å². The number of hydrogen-bond donors (Lipinski definition) is 2. The van der Waals surface area contributed by atoms with E-state index in [4.69, 9.17) is 11.6 Å². The number of carbonyl (C=O) groups is 1. The number of nitrogens with one attached hydrogen (secondary N) is 2. The number of amides is 2. The summed E-state index contributed by atoms with van der Waals surface area (Å²) in [4.78, 5) is 14.5. The first kappa shape index (κ1) is 24.2. The maximum Gasteiger partial charge on any atom is 0.333 e. The number of anilines is 1. The van der Waals surface area contributed by atoms with E-state index in [1.54, 1.807) is 19.2 Å². The van der Waals surface area contributed by atoms with Crippen LogP contribution in [0.15, 0.2) is 23.2 Å². The van der Waals surface area contributed by atoms with Crippen LogP contribution in [0, 0.1) is 0 Å². The summed E-state index contributed by atoms with van der Waals surface area (Å²) in [5.41, 5.74) is 3.10. The number of aromatic nitrogens is 2. The second-order valence-electron chi connectivity index (χ2n) is 7.49. The Balaban J connectivity index is 2.26. The summed E-state index contributed by atoms with van der Waals surface area (Å²) in [5, 5.41) is 7.17. The summed E-state index contributed by atoms with van der Waals surface area (Å²) in [6.07, 6.45) is 3.16. The molecular formula is C20H30ClN5O3S. The molecule has 0 aliphatic carbocycles. The summed E-state index contributed by atoms with van der Waals surface area (Å²) in [6.45, 7) is 4.58. The van der Waals surface area contributed by atoms with Gasteiger partial charge in [0, 0.05) is 30.4 Å². The lowest BCUT2D eigenvalue weighted by atomic mass is 10.00. The van der Waals surface area contributed by atoms with Gasteiger partial charge in [-0.15, -0.1) is 0 Å². The van der Waals surface area contributed by atoms with Gasteiger partial charge in [-0.2, -0.15) is 13.5 Å². The molecule has 2 amide bonds. The third kappa shape index (κ3) is 6.20. The number of sulfonamides is 1. The fourth-order valence-corrected chi connectivity index (χ4v) is 4.40. The molecule has 0 aliphatic rings. The fourth-order valence-electron chi connectivity index (χ4n) is 3.21. The highest BCUT2D eigenvalue weighted by Gasteiger charge is 2.23. The number of hydrogen-bond acceptors (Lipinski definition) is 5. The van der Waals surface area contributed by atoms with Crippen LogP contribution in [-0.2, 0) is 36.5 Å². The van der Waals surface area contributed by atoms with Crippen LogP contribution < -0.4 is 10.0 Å². The van der Waals surface area contributed by atoms with Gasteiger partial charge in [0.25, 0.3) is 10.0 Å². The van der Waals surface area contributed by atoms with Gasteiger partial charge < -0.3 is 10.2 Å². The molecule has 2 N–H and O–H groups in total. The molecule has 8 nitrogen and oxygen atoms in total. The topological polar surface area (TPSA) is 96.3 Å². The largest absolute Gasteiger partial charge is 0.333 e. The molecule has 30 heavy (non-hydrogen) atoms. The lowest BCUT2D eigenvalue weighted by molar-refractivity contribution is 0.256. The van der Waals surface area contributed by atoms with Crippen molar-refractivity contribution in [2.45, 2.75) is 51.1 Å². The third-order valence-corrected chi connectivity index (χ3v) is 5.90. The Morgan fingerprint density at radius 1 is 1.13 bits per heavy atom. The van der Waals surface area contributed by atoms with Gasteiger partial charge in [0.1, 0.15) is 0 Å². The lowest BCUT2D eigenvalue weighted by Gasteiger charge is -2.16. The van der Waals surface area contributed by atoms with Crippen LogP contribution in [0.5, 0.6) is 0 Å². The molecule has 10 heteroatoms. The van der Waals surface area contributed by atoms with E-state index in [2.05, 4.69) is 15.1 Å². The summed E-state index contributed by atoms with van der Waals surface area (Å²) < 4.78 is 28.9. The maximum atomic E-state index is 12.7. The maximum absolute atomic E-state index is 12.7. The second kappa shape index (κ2) is 10.3. The predicted octanol–water partition coefficient (Wildman–Crippen LogP) is 3.55. The highest BCUT2D eigenvalue weighted by Crippen LogP contribution is 2.28. The molecule has 0 atom stereocenters. The van der Waals surface area contributed by atoms with Crippen LogP contribution in [0.25, 0.3) is 0 Å². The molecular weight excluding hydrogens is 426 g/mol. The Bertz CT molecular complexity index is 975. The van der Waals surface area contributed by atoms with E-state index < -0.39 is 16.1 Å². The average molecular weight is 456 g/mol. The van der Waals surface area contributed by atoms with Crippen LogP contribution in [0.2, 0.25) is 5.02 Å². The summed E-state index contributed by atoms with van der Waals surface area (Å²) in [6, 6.07) is 4.25. The van der Waals surface area contributed by atoms with E-state index in [0.717, 1.165) is 24.0 Å². The molecule has 0 unspecified atom stereocenters. The normalized spacial score (nSPS) is 11.7. The van der Waals surface area contributed by atoms with Gasteiger partial charge in [0.2, 0.25) is 0 Å². The van der Waals surface area contributed by atoms with E-state index >= 15 is 0 Å². The number of rotatable bonds is 9. The van der Waals surface area contributed by atoms with Crippen molar-refractivity contribution in [3.8, 4) is 0 Å². The Kier molecular flexibility index (Phi) is 8.28. The van der Waals surface area contributed by atoms with Crippen molar-refractivity contribution >= 4 is 33.3 Å². The van der Waals surface area contributed by atoms with E-state index in [-0.39, 0.29) is 5.03 Å². The van der Waals surface area contributed by atoms with Gasteiger partial charge in [-0.3, -0.25) is 4.68 Å². The molecule has 0 saturated carbocycles. The molecule has 1 heterocycles. The van der Waals surface area contributed by atoms with Gasteiger partial charge in [-0.25, -0.2) is 9.52 Å². The van der Waals surface area contributed by atoms with Gasteiger partial charge in [-0.05, 0) is 50.2 Å². The molecule has 0 bridgehead atoms. The molecule has 0 spiro atoms. The number of aryl methyl sites for hydroxylation is 3. The molecule has 0 fully saturated rings.